The molecular formula is C11H16N4. The zero-order valence-electron chi connectivity index (χ0n) is 9.60. The first-order valence-corrected chi connectivity index (χ1v) is 5.29. The van der Waals surface area contributed by atoms with Crippen molar-refractivity contribution in [2.75, 3.05) is 0 Å². The van der Waals surface area contributed by atoms with Gasteiger partial charge in [0.1, 0.15) is 6.33 Å². The predicted molar refractivity (Wildman–Crippen MR) is 59.0 cm³/mol. The summed E-state index contributed by atoms with van der Waals surface area (Å²) in [5.41, 5.74) is 3.05. The predicted octanol–water partition coefficient (Wildman–Crippen LogP) is 2.37. The molecule has 0 atom stereocenters. The first kappa shape index (κ1) is 10.1. The summed E-state index contributed by atoms with van der Waals surface area (Å²) in [7, 11) is 0. The third-order valence-electron chi connectivity index (χ3n) is 2.53. The first-order valence-electron chi connectivity index (χ1n) is 5.29. The molecule has 0 saturated heterocycles. The highest BCUT2D eigenvalue weighted by molar-refractivity contribution is 5.45. The van der Waals surface area contributed by atoms with Gasteiger partial charge in [0.25, 0.3) is 0 Å². The average molecular weight is 204 g/mol. The van der Waals surface area contributed by atoms with Gasteiger partial charge in [-0.25, -0.2) is 0 Å². The Bertz CT molecular complexity index is 428. The highest BCUT2D eigenvalue weighted by atomic mass is 15.2. The van der Waals surface area contributed by atoms with E-state index < -0.39 is 0 Å². The fourth-order valence-electron chi connectivity index (χ4n) is 1.69. The molecule has 80 valence electrons. The molecule has 0 bridgehead atoms. The van der Waals surface area contributed by atoms with E-state index in [-0.39, 0.29) is 0 Å². The largest absolute Gasteiger partial charge is 0.283 e. The van der Waals surface area contributed by atoms with E-state index in [0.29, 0.717) is 11.8 Å². The van der Waals surface area contributed by atoms with Gasteiger partial charge in [0.15, 0.2) is 5.65 Å². The third-order valence-corrected chi connectivity index (χ3v) is 2.53. The standard InChI is InChI=1S/C11H16N4/c1-7(2)9-5-12-10(8(3)4)11-14-13-6-15(9)11/h5-8H,1-4H3. The molecule has 4 nitrogen and oxygen atoms in total. The number of fused-ring (bicyclic) bond motifs is 1. The van der Waals surface area contributed by atoms with Crippen LogP contribution in [0.5, 0.6) is 0 Å². The number of hydrogen-bond acceptors (Lipinski definition) is 3. The molecule has 2 rings (SSSR count). The van der Waals surface area contributed by atoms with Gasteiger partial charge >= 0.3 is 0 Å². The van der Waals surface area contributed by atoms with Gasteiger partial charge in [-0.15, -0.1) is 10.2 Å². The highest BCUT2D eigenvalue weighted by Gasteiger charge is 2.13. The smallest absolute Gasteiger partial charge is 0.182 e. The Morgan fingerprint density at radius 3 is 2.47 bits per heavy atom. The van der Waals surface area contributed by atoms with Crippen molar-refractivity contribution in [1.29, 1.82) is 0 Å². The number of hydrogen-bond donors (Lipinski definition) is 0. The highest BCUT2D eigenvalue weighted by Crippen LogP contribution is 2.20. The van der Waals surface area contributed by atoms with E-state index in [1.165, 1.54) is 0 Å². The molecule has 0 aliphatic rings. The maximum absolute atomic E-state index is 4.48. The molecule has 0 radical (unpaired) electrons. The van der Waals surface area contributed by atoms with Crippen LogP contribution >= 0.6 is 0 Å². The van der Waals surface area contributed by atoms with Crippen molar-refractivity contribution in [2.24, 2.45) is 0 Å². The fraction of sp³-hybridized carbons (Fsp3) is 0.545. The molecule has 0 aromatic carbocycles. The lowest BCUT2D eigenvalue weighted by atomic mass is 10.1. The second-order valence-corrected chi connectivity index (χ2v) is 4.40. The summed E-state index contributed by atoms with van der Waals surface area (Å²) in [6.07, 6.45) is 3.69. The van der Waals surface area contributed by atoms with Crippen molar-refractivity contribution in [3.63, 3.8) is 0 Å². The van der Waals surface area contributed by atoms with E-state index in [9.17, 15) is 0 Å². The van der Waals surface area contributed by atoms with Crippen molar-refractivity contribution >= 4 is 5.65 Å². The molecule has 15 heavy (non-hydrogen) atoms. The first-order chi connectivity index (χ1) is 7.11. The minimum absolute atomic E-state index is 0.373. The summed E-state index contributed by atoms with van der Waals surface area (Å²) in [4.78, 5) is 4.48. The van der Waals surface area contributed by atoms with Crippen LogP contribution in [-0.4, -0.2) is 19.6 Å². The van der Waals surface area contributed by atoms with E-state index in [0.717, 1.165) is 17.0 Å². The average Bonchev–Trinajstić information content (AvgIpc) is 2.63. The second-order valence-electron chi connectivity index (χ2n) is 4.40. The van der Waals surface area contributed by atoms with Gasteiger partial charge in [0, 0.05) is 11.9 Å². The maximum Gasteiger partial charge on any atom is 0.182 e. The SMILES string of the molecule is CC(C)c1ncc(C(C)C)n2cnnc12. The van der Waals surface area contributed by atoms with Gasteiger partial charge in [-0.2, -0.15) is 0 Å². The van der Waals surface area contributed by atoms with Crippen LogP contribution in [0.1, 0.15) is 50.9 Å². The van der Waals surface area contributed by atoms with Crippen molar-refractivity contribution in [3.05, 3.63) is 23.9 Å². The van der Waals surface area contributed by atoms with Gasteiger partial charge in [-0.3, -0.25) is 9.38 Å². The van der Waals surface area contributed by atoms with Crippen LogP contribution in [0.3, 0.4) is 0 Å². The molecule has 2 aromatic heterocycles. The molecule has 0 N–H and O–H groups in total. The number of nitrogens with zero attached hydrogens (tertiary/aromatic N) is 4. The summed E-state index contributed by atoms with van der Waals surface area (Å²) in [5.74, 6) is 0.801. The van der Waals surface area contributed by atoms with Crippen LogP contribution in [0.2, 0.25) is 0 Å². The van der Waals surface area contributed by atoms with E-state index in [4.69, 9.17) is 0 Å². The molecule has 0 spiro atoms. The monoisotopic (exact) mass is 204 g/mol. The van der Waals surface area contributed by atoms with Crippen LogP contribution in [-0.2, 0) is 0 Å². The minimum atomic E-state index is 0.373. The van der Waals surface area contributed by atoms with Crippen molar-refractivity contribution < 1.29 is 0 Å². The van der Waals surface area contributed by atoms with E-state index in [1.807, 2.05) is 10.6 Å². The second kappa shape index (κ2) is 3.61. The van der Waals surface area contributed by atoms with E-state index in [1.54, 1.807) is 6.33 Å². The maximum atomic E-state index is 4.48. The topological polar surface area (TPSA) is 43.1 Å². The summed E-state index contributed by atoms with van der Waals surface area (Å²) in [6, 6.07) is 0. The van der Waals surface area contributed by atoms with Gasteiger partial charge in [0.05, 0.1) is 5.69 Å². The molecule has 0 amide bonds. The molecule has 0 saturated carbocycles. The van der Waals surface area contributed by atoms with Crippen molar-refractivity contribution in [2.45, 2.75) is 39.5 Å². The molecule has 0 unspecified atom stereocenters. The lowest BCUT2D eigenvalue weighted by Crippen LogP contribution is -2.05. The lowest BCUT2D eigenvalue weighted by molar-refractivity contribution is 0.759. The zero-order chi connectivity index (χ0) is 11.0. The number of rotatable bonds is 2. The van der Waals surface area contributed by atoms with Crippen LogP contribution in [0.4, 0.5) is 0 Å². The Balaban J connectivity index is 2.71. The molecule has 4 heteroatoms. The molecule has 0 aliphatic heterocycles. The van der Waals surface area contributed by atoms with Gasteiger partial charge in [-0.05, 0) is 11.8 Å². The lowest BCUT2D eigenvalue weighted by Gasteiger charge is -2.11. The molecule has 0 fully saturated rings. The van der Waals surface area contributed by atoms with Gasteiger partial charge in [-0.1, -0.05) is 27.7 Å². The molecule has 2 heterocycles. The summed E-state index contributed by atoms with van der Waals surface area (Å²) in [6.45, 7) is 8.52. The van der Waals surface area contributed by atoms with Crippen molar-refractivity contribution in [1.82, 2.24) is 19.6 Å². The fourth-order valence-corrected chi connectivity index (χ4v) is 1.69. The molecule has 2 aromatic rings. The Morgan fingerprint density at radius 2 is 1.87 bits per heavy atom. The van der Waals surface area contributed by atoms with E-state index in [2.05, 4.69) is 42.9 Å². The molecule has 0 aliphatic carbocycles. The van der Waals surface area contributed by atoms with Crippen LogP contribution in [0, 0.1) is 0 Å². The Labute approximate surface area is 89.4 Å². The molecular weight excluding hydrogens is 188 g/mol. The quantitative estimate of drug-likeness (QED) is 0.754. The van der Waals surface area contributed by atoms with Crippen LogP contribution < -0.4 is 0 Å². The van der Waals surface area contributed by atoms with Crippen LogP contribution in [0.15, 0.2) is 12.5 Å². The normalized spacial score (nSPS) is 11.9. The van der Waals surface area contributed by atoms with E-state index >= 15 is 0 Å². The third kappa shape index (κ3) is 1.60. The summed E-state index contributed by atoms with van der Waals surface area (Å²) in [5, 5.41) is 8.09. The Morgan fingerprint density at radius 1 is 1.13 bits per heavy atom. The van der Waals surface area contributed by atoms with Crippen LogP contribution in [0.25, 0.3) is 5.65 Å². The van der Waals surface area contributed by atoms with Crippen molar-refractivity contribution in [3.8, 4) is 0 Å². The zero-order valence-corrected chi connectivity index (χ0v) is 9.60. The summed E-state index contributed by atoms with van der Waals surface area (Å²) >= 11 is 0. The Kier molecular flexibility index (Phi) is 2.42. The van der Waals surface area contributed by atoms with Gasteiger partial charge < -0.3 is 0 Å². The van der Waals surface area contributed by atoms with Gasteiger partial charge in [0.2, 0.25) is 0 Å². The Hall–Kier alpha value is -1.45. The number of aromatic nitrogens is 4. The minimum Gasteiger partial charge on any atom is -0.283 e. The summed E-state index contributed by atoms with van der Waals surface area (Å²) < 4.78 is 2.03.